The van der Waals surface area contributed by atoms with Crippen molar-refractivity contribution in [3.05, 3.63) is 0 Å². The molecule has 0 bridgehead atoms. The van der Waals surface area contributed by atoms with E-state index in [4.69, 9.17) is 10.00 Å². The van der Waals surface area contributed by atoms with Crippen LogP contribution >= 0.6 is 8.03 Å². The molecular formula is C4H11O3P. The highest BCUT2D eigenvalue weighted by Gasteiger charge is 2.23. The van der Waals surface area contributed by atoms with E-state index in [1.54, 1.807) is 6.92 Å². The Morgan fingerprint density at radius 2 is 2.12 bits per heavy atom. The van der Waals surface area contributed by atoms with Gasteiger partial charge in [-0.15, -0.1) is 0 Å². The lowest BCUT2D eigenvalue weighted by atomic mass is 10.3. The van der Waals surface area contributed by atoms with Gasteiger partial charge in [-0.25, -0.2) is 0 Å². The normalized spacial score (nSPS) is 22.0. The third-order valence-corrected chi connectivity index (χ3v) is 2.42. The first-order chi connectivity index (χ1) is 3.50. The average Bonchev–Trinajstić information content (AvgIpc) is 1.67. The molecule has 0 saturated heterocycles. The fraction of sp³-hybridized carbons (Fsp3) is 1.00. The summed E-state index contributed by atoms with van der Waals surface area (Å²) in [6.07, 6.45) is 0.321. The monoisotopic (exact) mass is 138 g/mol. The van der Waals surface area contributed by atoms with Gasteiger partial charge in [-0.3, -0.25) is 4.57 Å². The van der Waals surface area contributed by atoms with Crippen LogP contribution in [0, 0.1) is 0 Å². The zero-order chi connectivity index (χ0) is 6.78. The van der Waals surface area contributed by atoms with E-state index < -0.39 is 13.4 Å². The summed E-state index contributed by atoms with van der Waals surface area (Å²) < 4.78 is 10.2. The molecule has 0 aromatic rings. The average molecular weight is 138 g/mol. The molecule has 0 saturated carbocycles. The Kier molecular flexibility index (Phi) is 2.67. The Morgan fingerprint density at radius 3 is 2.12 bits per heavy atom. The third kappa shape index (κ3) is 1.95. The number of aliphatic hydroxyl groups is 1. The molecule has 0 aliphatic heterocycles. The quantitative estimate of drug-likeness (QED) is 0.548. The van der Waals surface area contributed by atoms with Gasteiger partial charge in [0.1, 0.15) is 5.34 Å². The van der Waals surface area contributed by atoms with Crippen LogP contribution in [0.1, 0.15) is 20.3 Å². The van der Waals surface area contributed by atoms with Crippen molar-refractivity contribution in [3.63, 3.8) is 0 Å². The SMILES string of the molecule is CCC(C)(O)[PH](=O)O. The smallest absolute Gasteiger partial charge is 0.219 e. The second kappa shape index (κ2) is 2.62. The van der Waals surface area contributed by atoms with Crippen molar-refractivity contribution < 1.29 is 14.6 Å². The highest BCUT2D eigenvalue weighted by molar-refractivity contribution is 7.39. The van der Waals surface area contributed by atoms with E-state index in [1.165, 1.54) is 6.92 Å². The van der Waals surface area contributed by atoms with Crippen molar-refractivity contribution in [2.45, 2.75) is 25.6 Å². The maximum Gasteiger partial charge on any atom is 0.219 e. The minimum Gasteiger partial charge on any atom is -0.380 e. The molecule has 0 aliphatic rings. The molecule has 4 heteroatoms. The first kappa shape index (κ1) is 8.15. The molecule has 2 unspecified atom stereocenters. The van der Waals surface area contributed by atoms with Crippen LogP contribution in [0.4, 0.5) is 0 Å². The maximum absolute atomic E-state index is 10.2. The molecule has 0 heterocycles. The summed E-state index contributed by atoms with van der Waals surface area (Å²) in [4.78, 5) is 8.38. The van der Waals surface area contributed by atoms with E-state index in [2.05, 4.69) is 0 Å². The Hall–Kier alpha value is 0.150. The number of hydrogen-bond acceptors (Lipinski definition) is 2. The Labute approximate surface area is 49.2 Å². The predicted molar refractivity (Wildman–Crippen MR) is 32.1 cm³/mol. The van der Waals surface area contributed by atoms with E-state index in [1.807, 2.05) is 0 Å². The lowest BCUT2D eigenvalue weighted by Gasteiger charge is -2.15. The molecule has 0 aromatic carbocycles. The minimum absolute atomic E-state index is 0.321. The molecule has 50 valence electrons. The van der Waals surface area contributed by atoms with E-state index >= 15 is 0 Å². The van der Waals surface area contributed by atoms with Crippen LogP contribution in [0.3, 0.4) is 0 Å². The van der Waals surface area contributed by atoms with E-state index in [-0.39, 0.29) is 0 Å². The summed E-state index contributed by atoms with van der Waals surface area (Å²) in [5.41, 5.74) is 0. The molecule has 0 radical (unpaired) electrons. The molecule has 0 aromatic heterocycles. The van der Waals surface area contributed by atoms with Gasteiger partial charge in [0, 0.05) is 0 Å². The van der Waals surface area contributed by atoms with Gasteiger partial charge in [0.05, 0.1) is 0 Å². The maximum atomic E-state index is 10.2. The van der Waals surface area contributed by atoms with Crippen molar-refractivity contribution in [1.82, 2.24) is 0 Å². The highest BCUT2D eigenvalue weighted by Crippen LogP contribution is 2.34. The van der Waals surface area contributed by atoms with Crippen LogP contribution in [0.2, 0.25) is 0 Å². The first-order valence-corrected chi connectivity index (χ1v) is 3.82. The minimum atomic E-state index is -2.76. The van der Waals surface area contributed by atoms with Crippen molar-refractivity contribution in [2.75, 3.05) is 0 Å². The molecule has 8 heavy (non-hydrogen) atoms. The molecule has 2 N–H and O–H groups in total. The second-order valence-electron chi connectivity index (χ2n) is 1.93. The largest absolute Gasteiger partial charge is 0.380 e. The second-order valence-corrected chi connectivity index (χ2v) is 3.62. The summed E-state index contributed by atoms with van der Waals surface area (Å²) in [7, 11) is -2.76. The number of rotatable bonds is 2. The van der Waals surface area contributed by atoms with Crippen molar-refractivity contribution in [3.8, 4) is 0 Å². The van der Waals surface area contributed by atoms with Crippen LogP contribution < -0.4 is 0 Å². The third-order valence-electron chi connectivity index (χ3n) is 1.15. The van der Waals surface area contributed by atoms with Gasteiger partial charge in [-0.2, -0.15) is 0 Å². The molecular weight excluding hydrogens is 127 g/mol. The van der Waals surface area contributed by atoms with Gasteiger partial charge in [-0.05, 0) is 13.3 Å². The van der Waals surface area contributed by atoms with Gasteiger partial charge < -0.3 is 10.00 Å². The molecule has 0 spiro atoms. The van der Waals surface area contributed by atoms with Crippen LogP contribution in [0.15, 0.2) is 0 Å². The fourth-order valence-electron chi connectivity index (χ4n) is 0.151. The topological polar surface area (TPSA) is 57.5 Å². The van der Waals surface area contributed by atoms with E-state index in [9.17, 15) is 4.57 Å². The zero-order valence-electron chi connectivity index (χ0n) is 5.01. The van der Waals surface area contributed by atoms with Gasteiger partial charge >= 0.3 is 0 Å². The van der Waals surface area contributed by atoms with Gasteiger partial charge in [0.15, 0.2) is 0 Å². The molecule has 0 rings (SSSR count). The molecule has 2 atom stereocenters. The van der Waals surface area contributed by atoms with Crippen molar-refractivity contribution >= 4 is 8.03 Å². The van der Waals surface area contributed by atoms with E-state index in [0.717, 1.165) is 0 Å². The lowest BCUT2D eigenvalue weighted by molar-refractivity contribution is 0.131. The van der Waals surface area contributed by atoms with Crippen molar-refractivity contribution in [1.29, 1.82) is 0 Å². The Morgan fingerprint density at radius 1 is 1.75 bits per heavy atom. The van der Waals surface area contributed by atoms with Gasteiger partial charge in [-0.1, -0.05) is 6.92 Å². The highest BCUT2D eigenvalue weighted by atomic mass is 31.1. The summed E-state index contributed by atoms with van der Waals surface area (Å²) in [5.74, 6) is 0. The Bertz CT molecular complexity index is 99.5. The molecule has 0 aliphatic carbocycles. The summed E-state index contributed by atoms with van der Waals surface area (Å²) in [5, 5.41) is 7.53. The van der Waals surface area contributed by atoms with Gasteiger partial charge in [0.2, 0.25) is 8.03 Å². The standard InChI is InChI=1S/C4H11O3P/c1-3-4(2,5)8(6)7/h5,8H,3H2,1-2H3,(H,6,7). The van der Waals surface area contributed by atoms with Crippen LogP contribution in [0.25, 0.3) is 0 Å². The summed E-state index contributed by atoms with van der Waals surface area (Å²) in [6.45, 7) is 3.02. The predicted octanol–water partition coefficient (Wildman–Crippen LogP) is 0.572. The van der Waals surface area contributed by atoms with Crippen LogP contribution in [-0.4, -0.2) is 15.3 Å². The van der Waals surface area contributed by atoms with Crippen molar-refractivity contribution in [2.24, 2.45) is 0 Å². The fourth-order valence-corrected chi connectivity index (χ4v) is 0.454. The van der Waals surface area contributed by atoms with Crippen LogP contribution in [0.5, 0.6) is 0 Å². The van der Waals surface area contributed by atoms with Gasteiger partial charge in [0.25, 0.3) is 0 Å². The molecule has 0 amide bonds. The van der Waals surface area contributed by atoms with Crippen LogP contribution in [-0.2, 0) is 4.57 Å². The first-order valence-electron chi connectivity index (χ1n) is 2.46. The molecule has 3 nitrogen and oxygen atoms in total. The lowest BCUT2D eigenvalue weighted by Crippen LogP contribution is -2.16. The summed E-state index contributed by atoms with van der Waals surface area (Å²) in [6, 6.07) is 0. The molecule has 0 fully saturated rings. The Balaban J connectivity index is 3.91. The summed E-state index contributed by atoms with van der Waals surface area (Å²) >= 11 is 0. The van der Waals surface area contributed by atoms with E-state index in [0.29, 0.717) is 6.42 Å². The number of hydrogen-bond donors (Lipinski definition) is 2. The zero-order valence-corrected chi connectivity index (χ0v) is 6.01.